The maximum absolute atomic E-state index is 12.1. The van der Waals surface area contributed by atoms with Crippen LogP contribution in [0.15, 0.2) is 42.5 Å². The maximum Gasteiger partial charge on any atom is 0.342 e. The molecule has 0 spiro atoms. The van der Waals surface area contributed by atoms with Gasteiger partial charge < -0.3 is 24.6 Å². The fraction of sp³-hybridized carbons (Fsp3) is 0.176. The Labute approximate surface area is 137 Å². The normalized spacial score (nSPS) is 13.2. The second kappa shape index (κ2) is 6.49. The van der Waals surface area contributed by atoms with Crippen molar-refractivity contribution in [3.8, 4) is 17.2 Å². The van der Waals surface area contributed by atoms with Crippen molar-refractivity contribution in [1.82, 2.24) is 0 Å². The van der Waals surface area contributed by atoms with Crippen LogP contribution in [0.3, 0.4) is 0 Å². The summed E-state index contributed by atoms with van der Waals surface area (Å²) in [6, 6.07) is 10.9. The Kier molecular flexibility index (Phi) is 4.24. The molecule has 24 heavy (non-hydrogen) atoms. The number of anilines is 1. The summed E-state index contributed by atoms with van der Waals surface area (Å²) in [4.78, 5) is 24.1. The molecule has 2 aromatic carbocycles. The van der Waals surface area contributed by atoms with Crippen molar-refractivity contribution in [3.63, 3.8) is 0 Å². The van der Waals surface area contributed by atoms with E-state index in [0.29, 0.717) is 17.2 Å². The van der Waals surface area contributed by atoms with E-state index >= 15 is 0 Å². The van der Waals surface area contributed by atoms with E-state index in [1.54, 1.807) is 30.3 Å². The minimum Gasteiger partial charge on any atom is -0.507 e. The zero-order valence-corrected chi connectivity index (χ0v) is 12.8. The van der Waals surface area contributed by atoms with Crippen LogP contribution in [0.1, 0.15) is 17.3 Å². The van der Waals surface area contributed by atoms with Crippen molar-refractivity contribution < 1.29 is 28.9 Å². The van der Waals surface area contributed by atoms with Gasteiger partial charge in [0.2, 0.25) is 6.79 Å². The number of para-hydroxylation sites is 1. The van der Waals surface area contributed by atoms with Gasteiger partial charge in [0.25, 0.3) is 5.91 Å². The maximum atomic E-state index is 12.1. The lowest BCUT2D eigenvalue weighted by Crippen LogP contribution is -2.30. The number of rotatable bonds is 4. The van der Waals surface area contributed by atoms with Gasteiger partial charge in [0.1, 0.15) is 11.3 Å². The molecule has 0 bridgehead atoms. The summed E-state index contributed by atoms with van der Waals surface area (Å²) in [5, 5.41) is 12.3. The molecule has 1 aliphatic heterocycles. The zero-order valence-electron chi connectivity index (χ0n) is 12.8. The van der Waals surface area contributed by atoms with Gasteiger partial charge in [0.15, 0.2) is 17.6 Å². The van der Waals surface area contributed by atoms with Gasteiger partial charge in [-0.3, -0.25) is 4.79 Å². The van der Waals surface area contributed by atoms with E-state index < -0.39 is 18.0 Å². The molecule has 0 aliphatic carbocycles. The Hall–Kier alpha value is -3.22. The van der Waals surface area contributed by atoms with E-state index in [1.165, 1.54) is 19.1 Å². The van der Waals surface area contributed by atoms with E-state index in [4.69, 9.17) is 14.2 Å². The highest BCUT2D eigenvalue weighted by Gasteiger charge is 2.21. The summed E-state index contributed by atoms with van der Waals surface area (Å²) in [6.07, 6.45) is -1.04. The van der Waals surface area contributed by atoms with Crippen LogP contribution in [0, 0.1) is 0 Å². The molecular formula is C17H15NO6. The van der Waals surface area contributed by atoms with Gasteiger partial charge >= 0.3 is 5.97 Å². The van der Waals surface area contributed by atoms with Crippen molar-refractivity contribution >= 4 is 17.6 Å². The number of hydrogen-bond acceptors (Lipinski definition) is 6. The van der Waals surface area contributed by atoms with Crippen molar-refractivity contribution in [3.05, 3.63) is 48.0 Å². The lowest BCUT2D eigenvalue weighted by Gasteiger charge is -2.14. The fourth-order valence-electron chi connectivity index (χ4n) is 2.14. The average molecular weight is 329 g/mol. The predicted octanol–water partition coefficient (Wildman–Crippen LogP) is 2.30. The topological polar surface area (TPSA) is 94.1 Å². The Balaban J connectivity index is 1.63. The Morgan fingerprint density at radius 3 is 2.71 bits per heavy atom. The van der Waals surface area contributed by atoms with Crippen LogP contribution < -0.4 is 14.8 Å². The minimum absolute atomic E-state index is 0.000213. The molecule has 7 nitrogen and oxygen atoms in total. The first-order valence-corrected chi connectivity index (χ1v) is 7.24. The molecule has 0 saturated heterocycles. The molecule has 1 heterocycles. The molecule has 0 fully saturated rings. The minimum atomic E-state index is -1.04. The third-order valence-corrected chi connectivity index (χ3v) is 3.42. The second-order valence-electron chi connectivity index (χ2n) is 5.12. The lowest BCUT2D eigenvalue weighted by molar-refractivity contribution is -0.123. The van der Waals surface area contributed by atoms with Gasteiger partial charge in [-0.05, 0) is 31.2 Å². The molecular weight excluding hydrogens is 314 g/mol. The van der Waals surface area contributed by atoms with Gasteiger partial charge in [-0.15, -0.1) is 0 Å². The summed E-state index contributed by atoms with van der Waals surface area (Å²) in [7, 11) is 0. The van der Waals surface area contributed by atoms with Crippen molar-refractivity contribution in [2.24, 2.45) is 0 Å². The molecule has 1 amide bonds. The fourth-order valence-corrected chi connectivity index (χ4v) is 2.14. The van der Waals surface area contributed by atoms with Crippen LogP contribution in [0.5, 0.6) is 17.2 Å². The molecule has 2 aromatic rings. The zero-order chi connectivity index (χ0) is 17.1. The van der Waals surface area contributed by atoms with Crippen molar-refractivity contribution in [2.45, 2.75) is 13.0 Å². The van der Waals surface area contributed by atoms with Crippen LogP contribution in [0.25, 0.3) is 0 Å². The SMILES string of the molecule is C[C@H](OC(=O)c1ccccc1O)C(=O)Nc1ccc2c(c1)OCO2. The van der Waals surface area contributed by atoms with Gasteiger partial charge in [0.05, 0.1) is 0 Å². The van der Waals surface area contributed by atoms with E-state index in [2.05, 4.69) is 5.32 Å². The quantitative estimate of drug-likeness (QED) is 0.836. The summed E-state index contributed by atoms with van der Waals surface area (Å²) >= 11 is 0. The summed E-state index contributed by atoms with van der Waals surface area (Å²) < 4.78 is 15.5. The average Bonchev–Trinajstić information content (AvgIpc) is 3.02. The monoisotopic (exact) mass is 329 g/mol. The van der Waals surface area contributed by atoms with E-state index in [-0.39, 0.29) is 18.1 Å². The Morgan fingerprint density at radius 1 is 1.17 bits per heavy atom. The van der Waals surface area contributed by atoms with Crippen LogP contribution in [-0.2, 0) is 9.53 Å². The van der Waals surface area contributed by atoms with E-state index in [1.807, 2.05) is 0 Å². The molecule has 0 aromatic heterocycles. The molecule has 1 aliphatic rings. The van der Waals surface area contributed by atoms with Crippen LogP contribution in [-0.4, -0.2) is 29.9 Å². The first kappa shape index (κ1) is 15.7. The Bertz CT molecular complexity index is 788. The number of hydrogen-bond donors (Lipinski definition) is 2. The van der Waals surface area contributed by atoms with Crippen LogP contribution >= 0.6 is 0 Å². The molecule has 0 saturated carbocycles. The number of fused-ring (bicyclic) bond motifs is 1. The number of phenols is 1. The summed E-state index contributed by atoms with van der Waals surface area (Å²) in [5.41, 5.74) is 0.495. The smallest absolute Gasteiger partial charge is 0.342 e. The van der Waals surface area contributed by atoms with Gasteiger partial charge in [-0.2, -0.15) is 0 Å². The number of amides is 1. The number of carbonyl (C=O) groups is 2. The highest BCUT2D eigenvalue weighted by molar-refractivity contribution is 5.98. The highest BCUT2D eigenvalue weighted by Crippen LogP contribution is 2.34. The molecule has 0 unspecified atom stereocenters. The second-order valence-corrected chi connectivity index (χ2v) is 5.12. The molecule has 3 rings (SSSR count). The standard InChI is InChI=1S/C17H15NO6/c1-10(24-17(21)12-4-2-3-5-13(12)19)16(20)18-11-6-7-14-15(8-11)23-9-22-14/h2-8,10,19H,9H2,1H3,(H,18,20)/t10-/m0/s1. The molecule has 0 radical (unpaired) electrons. The number of phenolic OH excluding ortho intramolecular Hbond substituents is 1. The van der Waals surface area contributed by atoms with Crippen molar-refractivity contribution in [1.29, 1.82) is 0 Å². The third kappa shape index (κ3) is 3.24. The van der Waals surface area contributed by atoms with E-state index in [9.17, 15) is 14.7 Å². The van der Waals surface area contributed by atoms with Gasteiger partial charge in [-0.1, -0.05) is 12.1 Å². The highest BCUT2D eigenvalue weighted by atomic mass is 16.7. The van der Waals surface area contributed by atoms with E-state index in [0.717, 1.165) is 0 Å². The first-order chi connectivity index (χ1) is 11.5. The van der Waals surface area contributed by atoms with Gasteiger partial charge in [-0.25, -0.2) is 4.79 Å². The molecule has 124 valence electrons. The third-order valence-electron chi connectivity index (χ3n) is 3.42. The summed E-state index contributed by atoms with van der Waals surface area (Å²) in [5.74, 6) is -0.344. The van der Waals surface area contributed by atoms with Crippen LogP contribution in [0.4, 0.5) is 5.69 Å². The number of aromatic hydroxyl groups is 1. The molecule has 7 heteroatoms. The molecule has 2 N–H and O–H groups in total. The number of nitrogens with one attached hydrogen (secondary N) is 1. The number of benzene rings is 2. The summed E-state index contributed by atoms with van der Waals surface area (Å²) in [6.45, 7) is 1.58. The molecule has 1 atom stereocenters. The number of ether oxygens (including phenoxy) is 3. The van der Waals surface area contributed by atoms with Crippen molar-refractivity contribution in [2.75, 3.05) is 12.1 Å². The van der Waals surface area contributed by atoms with Gasteiger partial charge in [0, 0.05) is 11.8 Å². The lowest BCUT2D eigenvalue weighted by atomic mass is 10.2. The largest absolute Gasteiger partial charge is 0.507 e. The van der Waals surface area contributed by atoms with Crippen LogP contribution in [0.2, 0.25) is 0 Å². The predicted molar refractivity (Wildman–Crippen MR) is 84.2 cm³/mol. The number of carbonyl (C=O) groups excluding carboxylic acids is 2. The Morgan fingerprint density at radius 2 is 1.92 bits per heavy atom. The first-order valence-electron chi connectivity index (χ1n) is 7.24. The number of esters is 1.